The van der Waals surface area contributed by atoms with E-state index < -0.39 is 0 Å². The van der Waals surface area contributed by atoms with Gasteiger partial charge in [0.05, 0.1) is 0 Å². The summed E-state index contributed by atoms with van der Waals surface area (Å²) in [6, 6.07) is 0.573. The Morgan fingerprint density at radius 2 is 1.83 bits per heavy atom. The zero-order valence-electron chi connectivity index (χ0n) is 12.5. The van der Waals surface area contributed by atoms with Crippen LogP contribution in [-0.2, 0) is 0 Å². The first kappa shape index (κ1) is 15.2. The Kier molecular flexibility index (Phi) is 6.43. The van der Waals surface area contributed by atoms with E-state index in [1.54, 1.807) is 7.05 Å². The smallest absolute Gasteiger partial charge is 0.190 e. The Morgan fingerprint density at radius 3 is 2.28 bits per heavy atom. The predicted octanol–water partition coefficient (Wildman–Crippen LogP) is 0.0532. The molecule has 0 saturated carbocycles. The van der Waals surface area contributed by atoms with Crippen molar-refractivity contribution in [1.82, 2.24) is 20.4 Å². The molecule has 1 rings (SSSR count). The fraction of sp³-hybridized carbons (Fsp3) is 0.923. The molecule has 0 amide bonds. The van der Waals surface area contributed by atoms with Gasteiger partial charge >= 0.3 is 0 Å². The highest BCUT2D eigenvalue weighted by Crippen LogP contribution is 2.12. The molecule has 5 heteroatoms. The molecule has 0 bridgehead atoms. The van der Waals surface area contributed by atoms with Gasteiger partial charge in [0.2, 0.25) is 0 Å². The summed E-state index contributed by atoms with van der Waals surface area (Å²) in [5, 5.41) is 6.46. The van der Waals surface area contributed by atoms with E-state index in [0.29, 0.717) is 12.0 Å². The van der Waals surface area contributed by atoms with Crippen LogP contribution in [-0.4, -0.2) is 75.7 Å². The molecule has 18 heavy (non-hydrogen) atoms. The van der Waals surface area contributed by atoms with Crippen molar-refractivity contribution in [2.75, 3.05) is 53.9 Å². The van der Waals surface area contributed by atoms with Gasteiger partial charge in [0.15, 0.2) is 5.96 Å². The number of piperazine rings is 1. The van der Waals surface area contributed by atoms with Crippen molar-refractivity contribution < 1.29 is 0 Å². The summed E-state index contributed by atoms with van der Waals surface area (Å²) in [5.41, 5.74) is 0. The lowest BCUT2D eigenvalue weighted by atomic mass is 10.0. The van der Waals surface area contributed by atoms with E-state index in [9.17, 15) is 0 Å². The minimum atomic E-state index is 0.573. The van der Waals surface area contributed by atoms with E-state index in [1.807, 2.05) is 7.05 Å². The first-order valence-electron chi connectivity index (χ1n) is 6.89. The molecule has 0 spiro atoms. The molecular formula is C13H29N5. The van der Waals surface area contributed by atoms with Crippen molar-refractivity contribution in [3.05, 3.63) is 0 Å². The molecule has 0 radical (unpaired) electrons. The minimum absolute atomic E-state index is 0.573. The highest BCUT2D eigenvalue weighted by atomic mass is 15.3. The number of aliphatic imine (C=N–C) groups is 1. The van der Waals surface area contributed by atoms with Crippen molar-refractivity contribution in [2.45, 2.75) is 19.9 Å². The second-order valence-corrected chi connectivity index (χ2v) is 5.35. The number of hydrogen-bond donors (Lipinski definition) is 2. The first-order valence-corrected chi connectivity index (χ1v) is 6.89. The van der Waals surface area contributed by atoms with Crippen LogP contribution in [0.5, 0.6) is 0 Å². The van der Waals surface area contributed by atoms with Crippen LogP contribution in [0, 0.1) is 5.92 Å². The van der Waals surface area contributed by atoms with Crippen molar-refractivity contribution in [3.63, 3.8) is 0 Å². The Hall–Kier alpha value is -0.810. The highest BCUT2D eigenvalue weighted by molar-refractivity contribution is 5.79. The quantitative estimate of drug-likeness (QED) is 0.550. The van der Waals surface area contributed by atoms with Crippen LogP contribution >= 0.6 is 0 Å². The Labute approximate surface area is 112 Å². The maximum Gasteiger partial charge on any atom is 0.190 e. The van der Waals surface area contributed by atoms with Gasteiger partial charge in [-0.25, -0.2) is 0 Å². The summed E-state index contributed by atoms with van der Waals surface area (Å²) in [6.45, 7) is 10.2. The van der Waals surface area contributed by atoms with Crippen LogP contribution in [0.25, 0.3) is 0 Å². The van der Waals surface area contributed by atoms with Gasteiger partial charge in [-0.1, -0.05) is 13.8 Å². The van der Waals surface area contributed by atoms with Gasteiger partial charge in [0.1, 0.15) is 0 Å². The Bertz CT molecular complexity index is 256. The van der Waals surface area contributed by atoms with E-state index in [1.165, 1.54) is 26.2 Å². The summed E-state index contributed by atoms with van der Waals surface area (Å²) < 4.78 is 0. The molecule has 0 aromatic heterocycles. The molecule has 1 fully saturated rings. The van der Waals surface area contributed by atoms with E-state index in [-0.39, 0.29) is 0 Å². The largest absolute Gasteiger partial charge is 0.359 e. The predicted molar refractivity (Wildman–Crippen MR) is 78.1 cm³/mol. The molecule has 1 atom stereocenters. The molecular weight excluding hydrogens is 226 g/mol. The van der Waals surface area contributed by atoms with Crippen LogP contribution in [0.15, 0.2) is 4.99 Å². The van der Waals surface area contributed by atoms with Gasteiger partial charge in [-0.2, -0.15) is 0 Å². The maximum atomic E-state index is 4.16. The third kappa shape index (κ3) is 4.46. The molecule has 0 aromatic carbocycles. The lowest BCUT2D eigenvalue weighted by molar-refractivity contribution is 0.0900. The van der Waals surface area contributed by atoms with Gasteiger partial charge in [0, 0.05) is 52.9 Å². The average molecular weight is 255 g/mol. The summed E-state index contributed by atoms with van der Waals surface area (Å²) in [5.74, 6) is 1.52. The number of nitrogens with zero attached hydrogens (tertiary/aromatic N) is 3. The van der Waals surface area contributed by atoms with Crippen LogP contribution in [0.3, 0.4) is 0 Å². The van der Waals surface area contributed by atoms with Crippen LogP contribution in [0.2, 0.25) is 0 Å². The molecule has 1 aliphatic rings. The summed E-state index contributed by atoms with van der Waals surface area (Å²) >= 11 is 0. The molecule has 0 unspecified atom stereocenters. The Balaban J connectivity index is 2.49. The summed E-state index contributed by atoms with van der Waals surface area (Å²) in [4.78, 5) is 9.16. The van der Waals surface area contributed by atoms with Gasteiger partial charge in [-0.05, 0) is 13.0 Å². The number of rotatable bonds is 4. The van der Waals surface area contributed by atoms with Crippen LogP contribution in [0.4, 0.5) is 0 Å². The van der Waals surface area contributed by atoms with Gasteiger partial charge in [-0.3, -0.25) is 9.89 Å². The van der Waals surface area contributed by atoms with Gasteiger partial charge in [0.25, 0.3) is 0 Å². The monoisotopic (exact) mass is 255 g/mol. The average Bonchev–Trinajstić information content (AvgIpc) is 2.36. The molecule has 1 saturated heterocycles. The van der Waals surface area contributed by atoms with E-state index in [0.717, 1.165) is 12.5 Å². The van der Waals surface area contributed by atoms with Crippen LogP contribution < -0.4 is 10.6 Å². The second kappa shape index (κ2) is 7.59. The molecule has 5 nitrogen and oxygen atoms in total. The molecule has 1 aliphatic heterocycles. The van der Waals surface area contributed by atoms with Crippen LogP contribution in [0.1, 0.15) is 13.8 Å². The standard InChI is InChI=1S/C13H29N5/c1-11(2)12(10-16-13(14-3)15-4)18-8-6-17(5)7-9-18/h11-12H,6-10H2,1-5H3,(H2,14,15,16)/t12-/m0/s1. The molecule has 2 N–H and O–H groups in total. The topological polar surface area (TPSA) is 42.9 Å². The molecule has 106 valence electrons. The fourth-order valence-electron chi connectivity index (χ4n) is 2.42. The Morgan fingerprint density at radius 1 is 1.22 bits per heavy atom. The summed E-state index contributed by atoms with van der Waals surface area (Å²) in [6.07, 6.45) is 0. The molecule has 0 aromatic rings. The lowest BCUT2D eigenvalue weighted by Crippen LogP contribution is -2.54. The summed E-state index contributed by atoms with van der Waals surface area (Å²) in [7, 11) is 5.90. The number of likely N-dealkylation sites (N-methyl/N-ethyl adjacent to an activating group) is 1. The molecule has 0 aliphatic carbocycles. The third-order valence-corrected chi connectivity index (χ3v) is 3.72. The third-order valence-electron chi connectivity index (χ3n) is 3.72. The van der Waals surface area contributed by atoms with Crippen molar-refractivity contribution in [2.24, 2.45) is 10.9 Å². The minimum Gasteiger partial charge on any atom is -0.359 e. The van der Waals surface area contributed by atoms with Gasteiger partial charge < -0.3 is 15.5 Å². The highest BCUT2D eigenvalue weighted by Gasteiger charge is 2.24. The number of hydrogen-bond acceptors (Lipinski definition) is 3. The number of guanidine groups is 1. The number of nitrogens with one attached hydrogen (secondary N) is 2. The van der Waals surface area contributed by atoms with Gasteiger partial charge in [-0.15, -0.1) is 0 Å². The lowest BCUT2D eigenvalue weighted by Gasteiger charge is -2.40. The SMILES string of the molecule is CN=C(NC)NC[C@@H](C(C)C)N1CCN(C)CC1. The maximum absolute atomic E-state index is 4.16. The van der Waals surface area contributed by atoms with Crippen molar-refractivity contribution >= 4 is 5.96 Å². The molecule has 1 heterocycles. The van der Waals surface area contributed by atoms with E-state index in [2.05, 4.69) is 46.3 Å². The van der Waals surface area contributed by atoms with Crippen molar-refractivity contribution in [3.8, 4) is 0 Å². The van der Waals surface area contributed by atoms with E-state index >= 15 is 0 Å². The fourth-order valence-corrected chi connectivity index (χ4v) is 2.42. The normalized spacial score (nSPS) is 21.1. The first-order chi connectivity index (χ1) is 8.58. The van der Waals surface area contributed by atoms with Crippen molar-refractivity contribution in [1.29, 1.82) is 0 Å². The second-order valence-electron chi connectivity index (χ2n) is 5.35. The zero-order valence-corrected chi connectivity index (χ0v) is 12.5. The van der Waals surface area contributed by atoms with E-state index in [4.69, 9.17) is 0 Å². The zero-order chi connectivity index (χ0) is 13.5.